The molecule has 4 rings (SSSR count). The summed E-state index contributed by atoms with van der Waals surface area (Å²) in [6, 6.07) is 7.27. The Kier molecular flexibility index (Phi) is 5.33. The van der Waals surface area contributed by atoms with E-state index in [1.54, 1.807) is 30.8 Å². The third kappa shape index (κ3) is 3.67. The van der Waals surface area contributed by atoms with E-state index in [9.17, 15) is 5.11 Å². The maximum absolute atomic E-state index is 9.20. The van der Waals surface area contributed by atoms with Crippen LogP contribution in [0.1, 0.15) is 30.7 Å². The molecule has 1 aliphatic rings. The van der Waals surface area contributed by atoms with Gasteiger partial charge >= 0.3 is 6.01 Å². The predicted molar refractivity (Wildman–Crippen MR) is 107 cm³/mol. The van der Waals surface area contributed by atoms with Crippen molar-refractivity contribution in [3.63, 3.8) is 0 Å². The van der Waals surface area contributed by atoms with Gasteiger partial charge in [-0.15, -0.1) is 11.3 Å². The van der Waals surface area contributed by atoms with Crippen LogP contribution < -0.4 is 4.74 Å². The molecule has 142 valence electrons. The molecule has 3 aromatic rings. The van der Waals surface area contributed by atoms with Crippen LogP contribution in [0.2, 0.25) is 0 Å². The van der Waals surface area contributed by atoms with Crippen LogP contribution in [0.4, 0.5) is 0 Å². The van der Waals surface area contributed by atoms with E-state index < -0.39 is 0 Å². The van der Waals surface area contributed by atoms with Crippen LogP contribution in [0.3, 0.4) is 0 Å². The van der Waals surface area contributed by atoms with Gasteiger partial charge in [-0.25, -0.2) is 15.0 Å². The van der Waals surface area contributed by atoms with E-state index in [2.05, 4.69) is 40.0 Å². The van der Waals surface area contributed by atoms with Crippen molar-refractivity contribution >= 4 is 21.6 Å². The zero-order valence-electron chi connectivity index (χ0n) is 15.6. The normalized spacial score (nSPS) is 19.4. The van der Waals surface area contributed by atoms with Crippen LogP contribution in [0.15, 0.2) is 30.6 Å². The standard InChI is InChI=1S/C20H24N4O2S/c1-3-24(6-7-25)16-8-14(9-16)19-23-17-5-4-13(10-18(17)27-19)15-11-21-20(26-2)22-12-15/h4-5,10-12,14,16,25H,3,6-9H2,1-2H3/t14-,16-. The number of nitrogens with zero attached hydrogens (tertiary/aromatic N) is 4. The average molecular weight is 385 g/mol. The Morgan fingerprint density at radius 3 is 2.67 bits per heavy atom. The summed E-state index contributed by atoms with van der Waals surface area (Å²) >= 11 is 1.79. The lowest BCUT2D eigenvalue weighted by Crippen LogP contribution is -2.44. The first kappa shape index (κ1) is 18.3. The first-order chi connectivity index (χ1) is 13.2. The van der Waals surface area contributed by atoms with Gasteiger partial charge in [0.05, 0.1) is 28.9 Å². The second kappa shape index (κ2) is 7.88. The zero-order chi connectivity index (χ0) is 18.8. The van der Waals surface area contributed by atoms with Gasteiger partial charge in [-0.1, -0.05) is 13.0 Å². The van der Waals surface area contributed by atoms with Gasteiger partial charge in [0.25, 0.3) is 0 Å². The molecule has 0 atom stereocenters. The largest absolute Gasteiger partial charge is 0.467 e. The summed E-state index contributed by atoms with van der Waals surface area (Å²) in [5.41, 5.74) is 3.12. The SMILES string of the molecule is CCN(CCO)[C@H]1C[C@H](c2nc3ccc(-c4cnc(OC)nc4)cc3s2)C1. The quantitative estimate of drug-likeness (QED) is 0.674. The van der Waals surface area contributed by atoms with Crippen molar-refractivity contribution in [2.24, 2.45) is 0 Å². The molecule has 0 spiro atoms. The molecule has 2 heterocycles. The number of ether oxygens (including phenoxy) is 1. The van der Waals surface area contributed by atoms with Crippen molar-refractivity contribution in [2.75, 3.05) is 26.8 Å². The summed E-state index contributed by atoms with van der Waals surface area (Å²) < 4.78 is 6.22. The molecule has 27 heavy (non-hydrogen) atoms. The number of fused-ring (bicyclic) bond motifs is 1. The van der Waals surface area contributed by atoms with Crippen LogP contribution in [0, 0.1) is 0 Å². The molecule has 7 heteroatoms. The number of likely N-dealkylation sites (N-methyl/N-ethyl adjacent to an activating group) is 1. The number of hydrogen-bond acceptors (Lipinski definition) is 7. The molecule has 0 saturated heterocycles. The van der Waals surface area contributed by atoms with Crippen molar-refractivity contribution in [3.05, 3.63) is 35.6 Å². The highest BCUT2D eigenvalue weighted by Gasteiger charge is 2.35. The fourth-order valence-electron chi connectivity index (χ4n) is 3.68. The smallest absolute Gasteiger partial charge is 0.316 e. The summed E-state index contributed by atoms with van der Waals surface area (Å²) in [5, 5.41) is 10.4. The molecular weight excluding hydrogens is 360 g/mol. The van der Waals surface area contributed by atoms with E-state index in [-0.39, 0.29) is 6.61 Å². The van der Waals surface area contributed by atoms with E-state index in [0.717, 1.165) is 42.6 Å². The van der Waals surface area contributed by atoms with Crippen molar-refractivity contribution in [3.8, 4) is 17.1 Å². The van der Waals surface area contributed by atoms with Gasteiger partial charge in [0.15, 0.2) is 0 Å². The summed E-state index contributed by atoms with van der Waals surface area (Å²) in [7, 11) is 1.56. The highest BCUT2D eigenvalue weighted by molar-refractivity contribution is 7.18. The van der Waals surface area contributed by atoms with E-state index >= 15 is 0 Å². The van der Waals surface area contributed by atoms with Gasteiger partial charge in [0.2, 0.25) is 0 Å². The van der Waals surface area contributed by atoms with Gasteiger partial charge in [-0.2, -0.15) is 0 Å². The molecule has 1 aliphatic carbocycles. The summed E-state index contributed by atoms with van der Waals surface area (Å²) in [5.74, 6) is 0.535. The van der Waals surface area contributed by atoms with Crippen LogP contribution in [-0.2, 0) is 0 Å². The van der Waals surface area contributed by atoms with Crippen LogP contribution in [-0.4, -0.2) is 57.8 Å². The highest BCUT2D eigenvalue weighted by atomic mass is 32.1. The molecule has 1 N–H and O–H groups in total. The Labute approximate surface area is 162 Å². The number of aromatic nitrogens is 3. The molecule has 0 bridgehead atoms. The zero-order valence-corrected chi connectivity index (χ0v) is 16.4. The predicted octanol–water partition coefficient (Wildman–Crippen LogP) is 3.32. The molecule has 0 amide bonds. The Morgan fingerprint density at radius 2 is 2.00 bits per heavy atom. The number of methoxy groups -OCH3 is 1. The van der Waals surface area contributed by atoms with Crippen molar-refractivity contribution in [1.29, 1.82) is 0 Å². The Balaban J connectivity index is 1.50. The molecule has 1 aromatic carbocycles. The number of hydrogen-bond donors (Lipinski definition) is 1. The van der Waals surface area contributed by atoms with E-state index in [0.29, 0.717) is 18.0 Å². The number of aliphatic hydroxyl groups excluding tert-OH is 1. The topological polar surface area (TPSA) is 71.4 Å². The Hall–Kier alpha value is -2.09. The van der Waals surface area contributed by atoms with Crippen LogP contribution in [0.25, 0.3) is 21.3 Å². The number of benzene rings is 1. The molecule has 0 unspecified atom stereocenters. The Bertz CT molecular complexity index is 906. The van der Waals surface area contributed by atoms with Gasteiger partial charge in [0.1, 0.15) is 0 Å². The second-order valence-corrected chi connectivity index (χ2v) is 7.93. The third-order valence-electron chi connectivity index (χ3n) is 5.32. The fourth-order valence-corrected chi connectivity index (χ4v) is 4.81. The van der Waals surface area contributed by atoms with Gasteiger partial charge in [0, 0.05) is 36.5 Å². The van der Waals surface area contributed by atoms with Gasteiger partial charge in [-0.3, -0.25) is 4.90 Å². The van der Waals surface area contributed by atoms with Crippen molar-refractivity contribution in [2.45, 2.75) is 31.7 Å². The van der Waals surface area contributed by atoms with Gasteiger partial charge in [-0.05, 0) is 37.1 Å². The summed E-state index contributed by atoms with van der Waals surface area (Å²) in [6.45, 7) is 4.14. The first-order valence-electron chi connectivity index (χ1n) is 9.33. The molecule has 1 saturated carbocycles. The molecule has 1 fully saturated rings. The third-order valence-corrected chi connectivity index (χ3v) is 6.50. The van der Waals surface area contributed by atoms with E-state index in [1.165, 1.54) is 9.71 Å². The summed E-state index contributed by atoms with van der Waals surface area (Å²) in [6.07, 6.45) is 5.83. The maximum Gasteiger partial charge on any atom is 0.316 e. The minimum Gasteiger partial charge on any atom is -0.467 e. The van der Waals surface area contributed by atoms with Crippen molar-refractivity contribution < 1.29 is 9.84 Å². The number of rotatable bonds is 7. The van der Waals surface area contributed by atoms with Crippen molar-refractivity contribution in [1.82, 2.24) is 19.9 Å². The fraction of sp³-hybridized carbons (Fsp3) is 0.450. The lowest BCUT2D eigenvalue weighted by Gasteiger charge is -2.41. The lowest BCUT2D eigenvalue weighted by atomic mass is 9.79. The Morgan fingerprint density at radius 1 is 1.22 bits per heavy atom. The second-order valence-electron chi connectivity index (χ2n) is 6.87. The highest BCUT2D eigenvalue weighted by Crippen LogP contribution is 2.42. The molecule has 2 aromatic heterocycles. The summed E-state index contributed by atoms with van der Waals surface area (Å²) in [4.78, 5) is 15.6. The maximum atomic E-state index is 9.20. The van der Waals surface area contributed by atoms with Crippen LogP contribution in [0.5, 0.6) is 6.01 Å². The number of thiazole rings is 1. The number of aliphatic hydroxyl groups is 1. The molecule has 6 nitrogen and oxygen atoms in total. The lowest BCUT2D eigenvalue weighted by molar-refractivity contribution is 0.0923. The van der Waals surface area contributed by atoms with Gasteiger partial charge < -0.3 is 9.84 Å². The first-order valence-corrected chi connectivity index (χ1v) is 10.1. The van der Waals surface area contributed by atoms with E-state index in [4.69, 9.17) is 9.72 Å². The van der Waals surface area contributed by atoms with E-state index in [1.807, 2.05) is 0 Å². The van der Waals surface area contributed by atoms with Crippen LogP contribution >= 0.6 is 11.3 Å². The molecule has 0 aliphatic heterocycles. The monoisotopic (exact) mass is 384 g/mol. The average Bonchev–Trinajstić information content (AvgIpc) is 3.08. The minimum absolute atomic E-state index is 0.230. The molecular formula is C20H24N4O2S. The minimum atomic E-state index is 0.230. The molecule has 0 radical (unpaired) electrons.